The van der Waals surface area contributed by atoms with Gasteiger partial charge in [-0.1, -0.05) is 66.2 Å². The Balaban J connectivity index is 1.41. The van der Waals surface area contributed by atoms with Crippen molar-refractivity contribution in [2.45, 2.75) is 17.9 Å². The Kier molecular flexibility index (Phi) is 7.14. The van der Waals surface area contributed by atoms with Crippen molar-refractivity contribution in [3.63, 3.8) is 0 Å². The number of carbonyl (C=O) groups is 1. The van der Waals surface area contributed by atoms with Gasteiger partial charge in [0.25, 0.3) is 0 Å². The fourth-order valence-electron chi connectivity index (χ4n) is 3.97. The minimum atomic E-state index is -3.62. The Morgan fingerprint density at radius 1 is 0.909 bits per heavy atom. The number of anilines is 1. The molecule has 0 spiro atoms. The maximum Gasteiger partial charge on any atom is 0.243 e. The Morgan fingerprint density at radius 2 is 1.58 bits per heavy atom. The number of rotatable bonds is 6. The van der Waals surface area contributed by atoms with Crippen molar-refractivity contribution in [3.8, 4) is 11.1 Å². The van der Waals surface area contributed by atoms with E-state index in [9.17, 15) is 13.2 Å². The fraction of sp³-hybridized carbons (Fsp3) is 0.240. The van der Waals surface area contributed by atoms with Crippen LogP contribution in [0.15, 0.2) is 83.8 Å². The molecule has 0 bridgehead atoms. The molecule has 0 aromatic heterocycles. The van der Waals surface area contributed by atoms with Gasteiger partial charge in [-0.25, -0.2) is 8.42 Å². The van der Waals surface area contributed by atoms with Crippen LogP contribution in [-0.4, -0.2) is 55.8 Å². The molecule has 1 N–H and O–H groups in total. The molecule has 1 saturated heterocycles. The van der Waals surface area contributed by atoms with Crippen LogP contribution in [-0.2, 0) is 14.8 Å². The summed E-state index contributed by atoms with van der Waals surface area (Å²) in [6.07, 6.45) is 0. The number of para-hydroxylation sites is 1. The van der Waals surface area contributed by atoms with Gasteiger partial charge in [-0.15, -0.1) is 0 Å². The van der Waals surface area contributed by atoms with Gasteiger partial charge in [-0.3, -0.25) is 9.69 Å². The lowest BCUT2D eigenvalue weighted by Crippen LogP contribution is -2.53. The Hall–Kier alpha value is -2.71. The third kappa shape index (κ3) is 5.28. The van der Waals surface area contributed by atoms with Gasteiger partial charge in [0.2, 0.25) is 15.9 Å². The largest absolute Gasteiger partial charge is 0.324 e. The van der Waals surface area contributed by atoms with Crippen LogP contribution >= 0.6 is 11.6 Å². The first-order valence-electron chi connectivity index (χ1n) is 10.8. The Morgan fingerprint density at radius 3 is 2.27 bits per heavy atom. The third-order valence-corrected chi connectivity index (χ3v) is 8.03. The Bertz CT molecular complexity index is 1230. The second kappa shape index (κ2) is 10.1. The molecule has 0 aliphatic carbocycles. The summed E-state index contributed by atoms with van der Waals surface area (Å²) >= 11 is 5.97. The van der Waals surface area contributed by atoms with E-state index >= 15 is 0 Å². The lowest BCUT2D eigenvalue weighted by molar-refractivity contribution is -0.121. The van der Waals surface area contributed by atoms with Gasteiger partial charge >= 0.3 is 0 Å². The van der Waals surface area contributed by atoms with Crippen LogP contribution in [0.25, 0.3) is 11.1 Å². The lowest BCUT2D eigenvalue weighted by Gasteiger charge is -2.36. The molecule has 8 heteroatoms. The van der Waals surface area contributed by atoms with Crippen LogP contribution in [0.5, 0.6) is 0 Å². The molecule has 1 aliphatic heterocycles. The first kappa shape index (κ1) is 23.4. The molecule has 1 amide bonds. The van der Waals surface area contributed by atoms with Crippen molar-refractivity contribution in [3.05, 3.63) is 83.9 Å². The van der Waals surface area contributed by atoms with Crippen LogP contribution in [0.3, 0.4) is 0 Å². The molecule has 6 nitrogen and oxygen atoms in total. The van der Waals surface area contributed by atoms with Gasteiger partial charge in [-0.05, 0) is 36.8 Å². The number of amides is 1. The van der Waals surface area contributed by atoms with E-state index in [1.165, 1.54) is 10.4 Å². The van der Waals surface area contributed by atoms with Gasteiger partial charge in [0, 0.05) is 42.5 Å². The van der Waals surface area contributed by atoms with Gasteiger partial charge in [0.1, 0.15) is 0 Å². The minimum absolute atomic E-state index is 0.121. The first-order valence-corrected chi connectivity index (χ1v) is 12.6. The molecular formula is C25H26ClN3O3S. The summed E-state index contributed by atoms with van der Waals surface area (Å²) in [6.45, 7) is 3.41. The zero-order valence-electron chi connectivity index (χ0n) is 18.3. The molecule has 33 heavy (non-hydrogen) atoms. The van der Waals surface area contributed by atoms with Gasteiger partial charge in [-0.2, -0.15) is 4.31 Å². The standard InChI is InChI=1S/C25H26ClN3O3S/c1-19(25(30)27-24-13-6-5-12-23(24)20-8-3-2-4-9-20)28-14-16-29(17-15-28)33(31,32)22-11-7-10-21(26)18-22/h2-13,18-19H,14-17H2,1H3,(H,27,30)/t19-/m0/s1. The average Bonchev–Trinajstić information content (AvgIpc) is 2.84. The monoisotopic (exact) mass is 483 g/mol. The highest BCUT2D eigenvalue weighted by Crippen LogP contribution is 2.28. The van der Waals surface area contributed by atoms with E-state index in [-0.39, 0.29) is 10.8 Å². The number of halogens is 1. The van der Waals surface area contributed by atoms with E-state index in [1.54, 1.807) is 18.2 Å². The third-order valence-electron chi connectivity index (χ3n) is 5.90. The molecule has 0 radical (unpaired) electrons. The van der Waals surface area contributed by atoms with Crippen LogP contribution in [0.1, 0.15) is 6.92 Å². The van der Waals surface area contributed by atoms with Crippen molar-refractivity contribution < 1.29 is 13.2 Å². The lowest BCUT2D eigenvalue weighted by atomic mass is 10.0. The zero-order chi connectivity index (χ0) is 23.4. The predicted octanol–water partition coefficient (Wildman–Crippen LogP) is 4.34. The van der Waals surface area contributed by atoms with E-state index in [0.29, 0.717) is 31.2 Å². The number of carbonyl (C=O) groups excluding carboxylic acids is 1. The number of sulfonamides is 1. The van der Waals surface area contributed by atoms with Crippen LogP contribution in [0.4, 0.5) is 5.69 Å². The summed E-state index contributed by atoms with van der Waals surface area (Å²) in [5.74, 6) is -0.121. The Labute approximate surface area is 199 Å². The van der Waals surface area contributed by atoms with Gasteiger partial charge in [0.15, 0.2) is 0 Å². The molecule has 0 saturated carbocycles. The van der Waals surface area contributed by atoms with E-state index in [4.69, 9.17) is 11.6 Å². The highest BCUT2D eigenvalue weighted by molar-refractivity contribution is 7.89. The van der Waals surface area contributed by atoms with E-state index in [2.05, 4.69) is 5.32 Å². The van der Waals surface area contributed by atoms with Crippen molar-refractivity contribution in [1.29, 1.82) is 0 Å². The maximum absolute atomic E-state index is 13.0. The molecule has 0 unspecified atom stereocenters. The molecule has 172 valence electrons. The summed E-state index contributed by atoms with van der Waals surface area (Å²) in [4.78, 5) is 15.2. The van der Waals surface area contributed by atoms with Crippen LogP contribution in [0.2, 0.25) is 5.02 Å². The topological polar surface area (TPSA) is 69.7 Å². The number of nitrogens with one attached hydrogen (secondary N) is 1. The molecule has 1 fully saturated rings. The molecule has 3 aromatic rings. The van der Waals surface area contributed by atoms with Crippen molar-refractivity contribution >= 4 is 33.2 Å². The normalized spacial score (nSPS) is 16.3. The minimum Gasteiger partial charge on any atom is -0.324 e. The molecular weight excluding hydrogens is 458 g/mol. The van der Waals surface area contributed by atoms with Gasteiger partial charge in [0.05, 0.1) is 10.9 Å². The van der Waals surface area contributed by atoms with Crippen molar-refractivity contribution in [1.82, 2.24) is 9.21 Å². The SMILES string of the molecule is C[C@@H](C(=O)Nc1ccccc1-c1ccccc1)N1CCN(S(=O)(=O)c2cccc(Cl)c2)CC1. The molecule has 3 aromatic carbocycles. The second-order valence-corrected chi connectivity index (χ2v) is 10.3. The number of hydrogen-bond donors (Lipinski definition) is 1. The molecule has 1 atom stereocenters. The number of nitrogens with zero attached hydrogens (tertiary/aromatic N) is 2. The van der Waals surface area contributed by atoms with Crippen molar-refractivity contribution in [2.75, 3.05) is 31.5 Å². The van der Waals surface area contributed by atoms with E-state index < -0.39 is 16.1 Å². The quantitative estimate of drug-likeness (QED) is 0.566. The summed E-state index contributed by atoms with van der Waals surface area (Å²) in [5, 5.41) is 3.44. The highest BCUT2D eigenvalue weighted by Gasteiger charge is 2.32. The summed E-state index contributed by atoms with van der Waals surface area (Å²) in [7, 11) is -3.62. The number of hydrogen-bond acceptors (Lipinski definition) is 4. The average molecular weight is 484 g/mol. The van der Waals surface area contributed by atoms with Crippen LogP contribution in [0, 0.1) is 0 Å². The summed E-state index contributed by atoms with van der Waals surface area (Å²) < 4.78 is 27.3. The van der Waals surface area contributed by atoms with Gasteiger partial charge < -0.3 is 5.32 Å². The highest BCUT2D eigenvalue weighted by atomic mass is 35.5. The number of piperazine rings is 1. The fourth-order valence-corrected chi connectivity index (χ4v) is 5.70. The summed E-state index contributed by atoms with van der Waals surface area (Å²) in [6, 6.07) is 23.5. The maximum atomic E-state index is 13.0. The molecule has 4 rings (SSSR count). The molecule has 1 aliphatic rings. The predicted molar refractivity (Wildman–Crippen MR) is 132 cm³/mol. The van der Waals surface area contributed by atoms with Crippen LogP contribution < -0.4 is 5.32 Å². The summed E-state index contributed by atoms with van der Waals surface area (Å²) in [5.41, 5.74) is 2.74. The van der Waals surface area contributed by atoms with E-state index in [1.807, 2.05) is 66.4 Å². The second-order valence-electron chi connectivity index (χ2n) is 7.97. The number of benzene rings is 3. The smallest absolute Gasteiger partial charge is 0.243 e. The molecule has 1 heterocycles. The zero-order valence-corrected chi connectivity index (χ0v) is 19.9. The van der Waals surface area contributed by atoms with Crippen molar-refractivity contribution in [2.24, 2.45) is 0 Å². The van der Waals surface area contributed by atoms with E-state index in [0.717, 1.165) is 16.8 Å². The first-order chi connectivity index (χ1) is 15.9.